The standard InChI is InChI=1S/C17H19N3O3S/c21-16(19-6-4-11-3-5-18-8-11)15-9-20-17(24-15)12-1-2-13-14(7-12)23-10-22-13/h1-2,7,9,11,18H,3-6,8,10H2,(H,19,21). The fraction of sp³-hybridized carbons (Fsp3) is 0.412. The second kappa shape index (κ2) is 6.78. The summed E-state index contributed by atoms with van der Waals surface area (Å²) in [7, 11) is 0. The number of amides is 1. The van der Waals surface area contributed by atoms with Crippen molar-refractivity contribution < 1.29 is 14.3 Å². The fourth-order valence-corrected chi connectivity index (χ4v) is 3.81. The Morgan fingerprint density at radius 3 is 3.17 bits per heavy atom. The molecule has 2 aliphatic heterocycles. The highest BCUT2D eigenvalue weighted by atomic mass is 32.1. The number of carbonyl (C=O) groups is 1. The molecule has 0 saturated carbocycles. The third-order valence-electron chi connectivity index (χ3n) is 4.35. The van der Waals surface area contributed by atoms with E-state index in [1.807, 2.05) is 18.2 Å². The maximum atomic E-state index is 12.2. The molecule has 0 bridgehead atoms. The van der Waals surface area contributed by atoms with Gasteiger partial charge in [-0.2, -0.15) is 0 Å². The molecule has 6 nitrogen and oxygen atoms in total. The van der Waals surface area contributed by atoms with E-state index in [1.54, 1.807) is 6.20 Å². The molecule has 1 aromatic heterocycles. The summed E-state index contributed by atoms with van der Waals surface area (Å²) in [5, 5.41) is 7.14. The van der Waals surface area contributed by atoms with Gasteiger partial charge in [-0.3, -0.25) is 4.79 Å². The number of hydrogen-bond donors (Lipinski definition) is 2. The summed E-state index contributed by atoms with van der Waals surface area (Å²) in [6, 6.07) is 5.70. The van der Waals surface area contributed by atoms with E-state index in [-0.39, 0.29) is 12.7 Å². The number of carbonyl (C=O) groups excluding carboxylic acids is 1. The predicted molar refractivity (Wildman–Crippen MR) is 91.6 cm³/mol. The molecule has 1 atom stereocenters. The molecule has 126 valence electrons. The fourth-order valence-electron chi connectivity index (χ4n) is 2.98. The van der Waals surface area contributed by atoms with E-state index in [9.17, 15) is 4.79 Å². The van der Waals surface area contributed by atoms with Crippen molar-refractivity contribution in [1.82, 2.24) is 15.6 Å². The highest BCUT2D eigenvalue weighted by Gasteiger charge is 2.18. The Morgan fingerprint density at radius 1 is 1.38 bits per heavy atom. The van der Waals surface area contributed by atoms with Gasteiger partial charge in [-0.15, -0.1) is 11.3 Å². The summed E-state index contributed by atoms with van der Waals surface area (Å²) < 4.78 is 10.7. The van der Waals surface area contributed by atoms with Crippen LogP contribution in [-0.2, 0) is 0 Å². The molecule has 2 aromatic rings. The van der Waals surface area contributed by atoms with E-state index in [0.29, 0.717) is 17.3 Å². The van der Waals surface area contributed by atoms with Crippen molar-refractivity contribution in [2.75, 3.05) is 26.4 Å². The number of fused-ring (bicyclic) bond motifs is 1. The van der Waals surface area contributed by atoms with Crippen LogP contribution in [0.25, 0.3) is 10.6 Å². The van der Waals surface area contributed by atoms with Crippen LogP contribution in [0.1, 0.15) is 22.5 Å². The quantitative estimate of drug-likeness (QED) is 0.870. The van der Waals surface area contributed by atoms with Crippen molar-refractivity contribution in [2.45, 2.75) is 12.8 Å². The topological polar surface area (TPSA) is 72.5 Å². The van der Waals surface area contributed by atoms with Crippen molar-refractivity contribution in [3.05, 3.63) is 29.3 Å². The first-order chi connectivity index (χ1) is 11.8. The second-order valence-corrected chi connectivity index (χ2v) is 7.03. The van der Waals surface area contributed by atoms with Gasteiger partial charge in [0.2, 0.25) is 6.79 Å². The summed E-state index contributed by atoms with van der Waals surface area (Å²) in [5.74, 6) is 2.09. The van der Waals surface area contributed by atoms with Gasteiger partial charge in [0.1, 0.15) is 9.88 Å². The number of thiazole rings is 1. The molecular formula is C17H19N3O3S. The number of benzene rings is 1. The van der Waals surface area contributed by atoms with Gasteiger partial charge >= 0.3 is 0 Å². The number of nitrogens with zero attached hydrogens (tertiary/aromatic N) is 1. The third-order valence-corrected chi connectivity index (χ3v) is 5.39. The summed E-state index contributed by atoms with van der Waals surface area (Å²) in [6.45, 7) is 3.11. The lowest BCUT2D eigenvalue weighted by atomic mass is 10.1. The Bertz CT molecular complexity index is 740. The van der Waals surface area contributed by atoms with Crippen LogP contribution in [0.3, 0.4) is 0 Å². The van der Waals surface area contributed by atoms with Crippen LogP contribution in [-0.4, -0.2) is 37.3 Å². The normalized spacial score (nSPS) is 18.8. The van der Waals surface area contributed by atoms with E-state index in [0.717, 1.165) is 41.6 Å². The average Bonchev–Trinajstić information content (AvgIpc) is 3.34. The zero-order chi connectivity index (χ0) is 16.4. The summed E-state index contributed by atoms with van der Waals surface area (Å²) in [6.07, 6.45) is 3.86. The molecule has 2 N–H and O–H groups in total. The highest BCUT2D eigenvalue weighted by Crippen LogP contribution is 2.36. The van der Waals surface area contributed by atoms with Crippen LogP contribution >= 0.6 is 11.3 Å². The molecule has 1 fully saturated rings. The molecular weight excluding hydrogens is 326 g/mol. The molecule has 1 aromatic carbocycles. The van der Waals surface area contributed by atoms with Crippen molar-refractivity contribution in [3.63, 3.8) is 0 Å². The number of hydrogen-bond acceptors (Lipinski definition) is 6. The Labute approximate surface area is 144 Å². The smallest absolute Gasteiger partial charge is 0.263 e. The lowest BCUT2D eigenvalue weighted by Gasteiger charge is -2.08. The van der Waals surface area contributed by atoms with Gasteiger partial charge in [-0.05, 0) is 50.0 Å². The SMILES string of the molecule is O=C(NCCC1CCNC1)c1cnc(-c2ccc3c(c2)OCO3)s1. The predicted octanol–water partition coefficient (Wildman–Crippen LogP) is 2.27. The van der Waals surface area contributed by atoms with E-state index in [1.165, 1.54) is 17.8 Å². The van der Waals surface area contributed by atoms with E-state index in [4.69, 9.17) is 9.47 Å². The molecule has 1 unspecified atom stereocenters. The number of rotatable bonds is 5. The lowest BCUT2D eigenvalue weighted by molar-refractivity contribution is 0.0955. The molecule has 2 aliphatic rings. The number of aromatic nitrogens is 1. The van der Waals surface area contributed by atoms with E-state index < -0.39 is 0 Å². The van der Waals surface area contributed by atoms with Crippen molar-refractivity contribution in [3.8, 4) is 22.1 Å². The minimum atomic E-state index is -0.0505. The second-order valence-electron chi connectivity index (χ2n) is 6.00. The number of nitrogens with one attached hydrogen (secondary N) is 2. The van der Waals surface area contributed by atoms with Gasteiger partial charge in [-0.1, -0.05) is 0 Å². The van der Waals surface area contributed by atoms with Crippen LogP contribution in [0.2, 0.25) is 0 Å². The zero-order valence-electron chi connectivity index (χ0n) is 13.2. The van der Waals surface area contributed by atoms with Gasteiger partial charge in [0.25, 0.3) is 5.91 Å². The van der Waals surface area contributed by atoms with Crippen molar-refractivity contribution >= 4 is 17.2 Å². The molecule has 7 heteroatoms. The van der Waals surface area contributed by atoms with Gasteiger partial charge in [0, 0.05) is 12.1 Å². The maximum absolute atomic E-state index is 12.2. The molecule has 0 spiro atoms. The van der Waals surface area contributed by atoms with Crippen molar-refractivity contribution in [2.24, 2.45) is 5.92 Å². The molecule has 24 heavy (non-hydrogen) atoms. The summed E-state index contributed by atoms with van der Waals surface area (Å²) >= 11 is 1.39. The van der Waals surface area contributed by atoms with Crippen molar-refractivity contribution in [1.29, 1.82) is 0 Å². The van der Waals surface area contributed by atoms with E-state index >= 15 is 0 Å². The Balaban J connectivity index is 1.38. The van der Waals surface area contributed by atoms with Crippen LogP contribution in [0, 0.1) is 5.92 Å². The van der Waals surface area contributed by atoms with E-state index in [2.05, 4.69) is 15.6 Å². The Hall–Kier alpha value is -2.12. The average molecular weight is 345 g/mol. The first kappa shape index (κ1) is 15.4. The maximum Gasteiger partial charge on any atom is 0.263 e. The Morgan fingerprint density at radius 2 is 2.29 bits per heavy atom. The third kappa shape index (κ3) is 3.22. The van der Waals surface area contributed by atoms with Gasteiger partial charge < -0.3 is 20.1 Å². The molecule has 4 rings (SSSR count). The molecule has 0 radical (unpaired) electrons. The first-order valence-electron chi connectivity index (χ1n) is 8.14. The molecule has 1 saturated heterocycles. The lowest BCUT2D eigenvalue weighted by Crippen LogP contribution is -2.25. The van der Waals surface area contributed by atoms with Gasteiger partial charge in [-0.25, -0.2) is 4.98 Å². The largest absolute Gasteiger partial charge is 0.454 e. The monoisotopic (exact) mass is 345 g/mol. The van der Waals surface area contributed by atoms with Crippen LogP contribution in [0.15, 0.2) is 24.4 Å². The van der Waals surface area contributed by atoms with Crippen LogP contribution in [0.5, 0.6) is 11.5 Å². The zero-order valence-corrected chi connectivity index (χ0v) is 14.0. The van der Waals surface area contributed by atoms with Crippen LogP contribution < -0.4 is 20.1 Å². The van der Waals surface area contributed by atoms with Gasteiger partial charge in [0.05, 0.1) is 6.20 Å². The molecule has 1 amide bonds. The molecule has 3 heterocycles. The Kier molecular flexibility index (Phi) is 4.36. The summed E-state index contributed by atoms with van der Waals surface area (Å²) in [5.41, 5.74) is 0.931. The highest BCUT2D eigenvalue weighted by molar-refractivity contribution is 7.16. The minimum absolute atomic E-state index is 0.0505. The van der Waals surface area contributed by atoms with Crippen LogP contribution in [0.4, 0.5) is 0 Å². The van der Waals surface area contributed by atoms with Gasteiger partial charge in [0.15, 0.2) is 11.5 Å². The minimum Gasteiger partial charge on any atom is -0.454 e. The number of ether oxygens (including phenoxy) is 2. The first-order valence-corrected chi connectivity index (χ1v) is 8.96. The summed E-state index contributed by atoms with van der Waals surface area (Å²) in [4.78, 5) is 17.3. The molecule has 0 aliphatic carbocycles.